The summed E-state index contributed by atoms with van der Waals surface area (Å²) in [5.41, 5.74) is 0. The Morgan fingerprint density at radius 2 is 1.92 bits per heavy atom. The van der Waals surface area contributed by atoms with E-state index in [0.29, 0.717) is 0 Å². The maximum absolute atomic E-state index is 10.5. The summed E-state index contributed by atoms with van der Waals surface area (Å²) >= 11 is 0. The molecule has 1 atom stereocenters. The van der Waals surface area contributed by atoms with Crippen LogP contribution in [0.1, 0.15) is 32.6 Å². The average molecular weight is 185 g/mol. The van der Waals surface area contributed by atoms with Gasteiger partial charge in [0.25, 0.3) is 0 Å². The lowest BCUT2D eigenvalue weighted by Crippen LogP contribution is -2.55. The molecule has 0 amide bonds. The Kier molecular flexibility index (Phi) is 3.31. The van der Waals surface area contributed by atoms with Crippen LogP contribution in [-0.4, -0.2) is 36.6 Å². The van der Waals surface area contributed by atoms with Crippen LogP contribution in [0.3, 0.4) is 0 Å². The normalized spacial score (nSPS) is 23.8. The lowest BCUT2D eigenvalue weighted by Gasteiger charge is -2.43. The minimum absolute atomic E-state index is 0.191. The Morgan fingerprint density at radius 1 is 1.38 bits per heavy atom. The number of aliphatic carboxylic acids is 1. The van der Waals surface area contributed by atoms with E-state index in [1.807, 2.05) is 6.92 Å². The van der Waals surface area contributed by atoms with E-state index >= 15 is 0 Å². The third-order valence-electron chi connectivity index (χ3n) is 3.36. The Hall–Kier alpha value is -0.570. The van der Waals surface area contributed by atoms with Crippen molar-refractivity contribution in [3.63, 3.8) is 0 Å². The number of likely N-dealkylation sites (tertiary alicyclic amines) is 1. The van der Waals surface area contributed by atoms with Crippen LogP contribution in [0, 0.1) is 0 Å². The Morgan fingerprint density at radius 3 is 2.38 bits per heavy atom. The molecule has 3 heteroatoms. The van der Waals surface area contributed by atoms with E-state index < -0.39 is 5.97 Å². The zero-order valence-electron chi connectivity index (χ0n) is 8.58. The molecular weight excluding hydrogens is 166 g/mol. The highest BCUT2D eigenvalue weighted by Crippen LogP contribution is 2.21. The number of rotatable bonds is 3. The number of hydrogen-bond donors (Lipinski definition) is 0. The molecule has 1 aliphatic heterocycles. The lowest BCUT2D eigenvalue weighted by atomic mass is 10.0. The van der Waals surface area contributed by atoms with Crippen molar-refractivity contribution < 1.29 is 14.4 Å². The van der Waals surface area contributed by atoms with Gasteiger partial charge in [0.1, 0.15) is 0 Å². The van der Waals surface area contributed by atoms with E-state index in [-0.39, 0.29) is 12.5 Å². The molecule has 0 aliphatic carbocycles. The first kappa shape index (κ1) is 10.5. The average Bonchev–Trinajstić information content (AvgIpc) is 2.04. The van der Waals surface area contributed by atoms with Crippen LogP contribution in [0.15, 0.2) is 0 Å². The molecule has 1 rings (SSSR count). The lowest BCUT2D eigenvalue weighted by molar-refractivity contribution is -0.935. The monoisotopic (exact) mass is 185 g/mol. The maximum Gasteiger partial charge on any atom is 0.0912 e. The van der Waals surface area contributed by atoms with Crippen molar-refractivity contribution in [3.8, 4) is 0 Å². The van der Waals surface area contributed by atoms with Crippen molar-refractivity contribution in [2.75, 3.05) is 20.1 Å². The van der Waals surface area contributed by atoms with Crippen LogP contribution in [0.4, 0.5) is 0 Å². The van der Waals surface area contributed by atoms with E-state index in [0.717, 1.165) is 17.6 Å². The van der Waals surface area contributed by atoms with Crippen LogP contribution >= 0.6 is 0 Å². The second-order valence-electron chi connectivity index (χ2n) is 4.41. The number of carbonyl (C=O) groups is 1. The Bertz CT molecular complexity index is 185. The number of hydrogen-bond acceptors (Lipinski definition) is 2. The van der Waals surface area contributed by atoms with Gasteiger partial charge >= 0.3 is 0 Å². The van der Waals surface area contributed by atoms with Crippen molar-refractivity contribution in [3.05, 3.63) is 0 Å². The zero-order chi connectivity index (χ0) is 9.90. The molecule has 1 aliphatic rings. The number of quaternary nitrogens is 1. The summed E-state index contributed by atoms with van der Waals surface area (Å²) in [6.07, 6.45) is 3.95. The van der Waals surface area contributed by atoms with Gasteiger partial charge in [0.2, 0.25) is 0 Å². The minimum Gasteiger partial charge on any atom is -0.550 e. The van der Waals surface area contributed by atoms with E-state index in [1.165, 1.54) is 19.3 Å². The predicted octanol–water partition coefficient (Wildman–Crippen LogP) is 0.145. The van der Waals surface area contributed by atoms with E-state index in [1.54, 1.807) is 0 Å². The summed E-state index contributed by atoms with van der Waals surface area (Å²) < 4.78 is 0.911. The number of nitrogens with zero attached hydrogens (tertiary/aromatic N) is 1. The molecule has 13 heavy (non-hydrogen) atoms. The molecular formula is C10H19NO2. The van der Waals surface area contributed by atoms with Crippen LogP contribution in [0.2, 0.25) is 0 Å². The molecule has 0 aromatic rings. The third-order valence-corrected chi connectivity index (χ3v) is 3.36. The summed E-state index contributed by atoms with van der Waals surface area (Å²) in [4.78, 5) is 10.5. The smallest absolute Gasteiger partial charge is 0.0912 e. The Labute approximate surface area is 79.9 Å². The molecule has 0 radical (unpaired) electrons. The highest BCUT2D eigenvalue weighted by Gasteiger charge is 2.30. The van der Waals surface area contributed by atoms with Gasteiger partial charge < -0.3 is 14.4 Å². The van der Waals surface area contributed by atoms with Crippen molar-refractivity contribution in [1.82, 2.24) is 0 Å². The SMILES string of the molecule is CC(CC(=O)[O-])[N+]1(C)CCCCC1. The third kappa shape index (κ3) is 2.69. The highest BCUT2D eigenvalue weighted by atomic mass is 16.4. The van der Waals surface area contributed by atoms with Crippen LogP contribution < -0.4 is 5.11 Å². The van der Waals surface area contributed by atoms with Gasteiger partial charge in [-0.15, -0.1) is 0 Å². The van der Waals surface area contributed by atoms with Gasteiger partial charge in [-0.3, -0.25) is 0 Å². The van der Waals surface area contributed by atoms with Crippen LogP contribution in [-0.2, 0) is 4.79 Å². The standard InChI is InChI=1S/C10H19NO2/c1-9(8-10(12)13)11(2)6-4-3-5-7-11/h9H,3-8H2,1-2H3. The summed E-state index contributed by atoms with van der Waals surface area (Å²) in [7, 11) is 2.16. The summed E-state index contributed by atoms with van der Waals surface area (Å²) in [6, 6.07) is 0.199. The van der Waals surface area contributed by atoms with Crippen molar-refractivity contribution in [1.29, 1.82) is 0 Å². The molecule has 3 nitrogen and oxygen atoms in total. The van der Waals surface area contributed by atoms with Gasteiger partial charge in [0.15, 0.2) is 0 Å². The number of carboxylic acids is 1. The first-order valence-electron chi connectivity index (χ1n) is 5.09. The van der Waals surface area contributed by atoms with Crippen LogP contribution in [0.5, 0.6) is 0 Å². The summed E-state index contributed by atoms with van der Waals surface area (Å²) in [5.74, 6) is -0.919. The Balaban J connectivity index is 2.51. The quantitative estimate of drug-likeness (QED) is 0.587. The minimum atomic E-state index is -0.919. The first-order chi connectivity index (χ1) is 6.04. The fourth-order valence-electron chi connectivity index (χ4n) is 2.14. The van der Waals surface area contributed by atoms with Gasteiger partial charge in [-0.1, -0.05) is 0 Å². The van der Waals surface area contributed by atoms with E-state index in [4.69, 9.17) is 0 Å². The number of piperidine rings is 1. The highest BCUT2D eigenvalue weighted by molar-refractivity contribution is 5.64. The van der Waals surface area contributed by atoms with Gasteiger partial charge in [-0.05, 0) is 26.2 Å². The van der Waals surface area contributed by atoms with Gasteiger partial charge in [-0.2, -0.15) is 0 Å². The molecule has 1 fully saturated rings. The fourth-order valence-corrected chi connectivity index (χ4v) is 2.14. The molecule has 0 aromatic carbocycles. The van der Waals surface area contributed by atoms with E-state index in [9.17, 15) is 9.90 Å². The number of carboxylic acid groups (broad SMARTS) is 1. The molecule has 0 N–H and O–H groups in total. The fraction of sp³-hybridized carbons (Fsp3) is 0.900. The molecule has 1 unspecified atom stereocenters. The van der Waals surface area contributed by atoms with Gasteiger partial charge in [0, 0.05) is 12.4 Å². The second kappa shape index (κ2) is 4.09. The van der Waals surface area contributed by atoms with Gasteiger partial charge in [-0.25, -0.2) is 0 Å². The predicted molar refractivity (Wildman–Crippen MR) is 48.9 cm³/mol. The van der Waals surface area contributed by atoms with Crippen molar-refractivity contribution in [2.24, 2.45) is 0 Å². The molecule has 1 saturated heterocycles. The molecule has 0 saturated carbocycles. The van der Waals surface area contributed by atoms with Crippen molar-refractivity contribution in [2.45, 2.75) is 38.6 Å². The summed E-state index contributed by atoms with van der Waals surface area (Å²) in [5, 5.41) is 10.5. The van der Waals surface area contributed by atoms with Gasteiger partial charge in [0.05, 0.1) is 26.2 Å². The van der Waals surface area contributed by atoms with Crippen molar-refractivity contribution >= 4 is 5.97 Å². The molecule has 0 spiro atoms. The van der Waals surface area contributed by atoms with E-state index in [2.05, 4.69) is 7.05 Å². The second-order valence-corrected chi connectivity index (χ2v) is 4.41. The molecule has 1 heterocycles. The topological polar surface area (TPSA) is 40.1 Å². The zero-order valence-corrected chi connectivity index (χ0v) is 8.58. The maximum atomic E-state index is 10.5. The summed E-state index contributed by atoms with van der Waals surface area (Å²) in [6.45, 7) is 4.25. The number of carbonyl (C=O) groups excluding carboxylic acids is 1. The van der Waals surface area contributed by atoms with Crippen LogP contribution in [0.25, 0.3) is 0 Å². The molecule has 76 valence electrons. The first-order valence-corrected chi connectivity index (χ1v) is 5.09. The molecule has 0 bridgehead atoms. The largest absolute Gasteiger partial charge is 0.550 e. The molecule has 0 aromatic heterocycles.